The fourth-order valence-corrected chi connectivity index (χ4v) is 1.25. The highest BCUT2D eigenvalue weighted by molar-refractivity contribution is 4.91. The Morgan fingerprint density at radius 2 is 2.08 bits per heavy atom. The van der Waals surface area contributed by atoms with Crippen LogP contribution in [0, 0.1) is 0 Å². The number of nitrogens with two attached hydrogens (primary N) is 1. The van der Waals surface area contributed by atoms with Crippen molar-refractivity contribution in [3.05, 3.63) is 0 Å². The predicted molar refractivity (Wildman–Crippen MR) is 41.1 cm³/mol. The molecular formula is C6H14N2O5. The number of nitrogens with one attached hydrogen (secondary N) is 1. The van der Waals surface area contributed by atoms with Crippen LogP contribution in [0.1, 0.15) is 0 Å². The Balaban J connectivity index is 2.63. The minimum absolute atomic E-state index is 0.504. The van der Waals surface area contributed by atoms with Crippen LogP contribution >= 0.6 is 0 Å². The quantitative estimate of drug-likeness (QED) is 0.201. The molecule has 0 aromatic heterocycles. The largest absolute Gasteiger partial charge is 0.394 e. The van der Waals surface area contributed by atoms with Gasteiger partial charge in [0.1, 0.15) is 25.8 Å². The van der Waals surface area contributed by atoms with Gasteiger partial charge in [-0.25, -0.2) is 5.43 Å². The molecule has 0 bridgehead atoms. The van der Waals surface area contributed by atoms with Crippen molar-refractivity contribution in [2.45, 2.75) is 30.6 Å². The molecule has 1 aliphatic rings. The molecule has 0 aromatic rings. The maximum Gasteiger partial charge on any atom is 0.174 e. The van der Waals surface area contributed by atoms with E-state index in [1.165, 1.54) is 0 Å². The Morgan fingerprint density at radius 3 is 2.62 bits per heavy atom. The van der Waals surface area contributed by atoms with Crippen molar-refractivity contribution < 1.29 is 26.6 Å². The summed E-state index contributed by atoms with van der Waals surface area (Å²) in [5, 5.41) is 36.9. The Kier molecular flexibility index (Phi) is 3.06. The molecule has 0 aliphatic carbocycles. The van der Waals surface area contributed by atoms with Gasteiger partial charge in [-0.05, 0) is 0 Å². The van der Waals surface area contributed by atoms with Crippen LogP contribution in [0.3, 0.4) is 0 Å². The number of hydrogen-bond donors (Lipinski definition) is 6. The number of rotatable bonds is 3. The van der Waals surface area contributed by atoms with E-state index < -0.39 is 37.3 Å². The molecule has 1 aliphatic heterocycles. The summed E-state index contributed by atoms with van der Waals surface area (Å²) in [4.78, 5) is 0. The first-order valence-corrected chi connectivity index (χ1v) is 3.84. The zero-order valence-corrected chi connectivity index (χ0v) is 6.79. The number of aliphatic hydroxyl groups is 4. The van der Waals surface area contributed by atoms with Gasteiger partial charge >= 0.3 is 0 Å². The second-order valence-electron chi connectivity index (χ2n) is 2.90. The summed E-state index contributed by atoms with van der Waals surface area (Å²) >= 11 is 0. The number of hydrazine groups is 1. The average Bonchev–Trinajstić information content (AvgIpc) is 2.18. The van der Waals surface area contributed by atoms with Crippen LogP contribution in [0.5, 0.6) is 0 Å². The fraction of sp³-hybridized carbons (Fsp3) is 1.00. The van der Waals surface area contributed by atoms with Gasteiger partial charge in [-0.15, -0.1) is 0 Å². The van der Waals surface area contributed by atoms with Gasteiger partial charge in [0.2, 0.25) is 0 Å². The lowest BCUT2D eigenvalue weighted by atomic mass is 9.98. The van der Waals surface area contributed by atoms with Crippen molar-refractivity contribution in [1.29, 1.82) is 0 Å². The molecule has 0 aromatic carbocycles. The van der Waals surface area contributed by atoms with Gasteiger partial charge in [0.05, 0.1) is 6.61 Å². The summed E-state index contributed by atoms with van der Waals surface area (Å²) in [6.45, 7) is -0.504. The minimum atomic E-state index is -1.40. The molecule has 7 N–H and O–H groups in total. The van der Waals surface area contributed by atoms with Crippen molar-refractivity contribution in [1.82, 2.24) is 5.43 Å². The normalized spacial score (nSPS) is 47.4. The Hall–Kier alpha value is -0.280. The van der Waals surface area contributed by atoms with E-state index in [0.717, 1.165) is 0 Å². The van der Waals surface area contributed by atoms with E-state index in [1.54, 1.807) is 5.84 Å². The van der Waals surface area contributed by atoms with E-state index in [1.807, 2.05) is 0 Å². The van der Waals surface area contributed by atoms with E-state index in [4.69, 9.17) is 11.3 Å². The van der Waals surface area contributed by atoms with E-state index in [9.17, 15) is 15.3 Å². The highest BCUT2D eigenvalue weighted by Gasteiger charge is 2.42. The van der Waals surface area contributed by atoms with Gasteiger partial charge in [0.25, 0.3) is 0 Å². The van der Waals surface area contributed by atoms with Crippen LogP contribution in [0.15, 0.2) is 0 Å². The summed E-state index contributed by atoms with van der Waals surface area (Å²) in [6.07, 6.45) is -5.06. The SMILES string of the molecule is [2H]NN[C@H]1C(O)O[C@H](CO)[C@@H](O)[C@@H]1O. The van der Waals surface area contributed by atoms with Gasteiger partial charge in [0.15, 0.2) is 6.29 Å². The third kappa shape index (κ3) is 1.97. The minimum Gasteiger partial charge on any atom is -0.394 e. The first-order valence-electron chi connectivity index (χ1n) is 4.34. The van der Waals surface area contributed by atoms with E-state index >= 15 is 0 Å². The van der Waals surface area contributed by atoms with Gasteiger partial charge in [0, 0.05) is 0 Å². The lowest BCUT2D eigenvalue weighted by Gasteiger charge is -2.39. The van der Waals surface area contributed by atoms with Crippen molar-refractivity contribution in [2.75, 3.05) is 6.61 Å². The Morgan fingerprint density at radius 1 is 1.38 bits per heavy atom. The molecule has 7 nitrogen and oxygen atoms in total. The summed E-state index contributed by atoms with van der Waals surface area (Å²) in [5.41, 5.74) is 2.21. The van der Waals surface area contributed by atoms with Gasteiger partial charge in [-0.3, -0.25) is 5.84 Å². The zero-order valence-electron chi connectivity index (χ0n) is 7.79. The molecule has 1 saturated heterocycles. The van der Waals surface area contributed by atoms with Crippen LogP contribution in [0.4, 0.5) is 0 Å². The van der Waals surface area contributed by atoms with E-state index in [2.05, 4.69) is 5.43 Å². The molecule has 5 atom stereocenters. The number of aliphatic hydroxyl groups excluding tert-OH is 4. The monoisotopic (exact) mass is 195 g/mol. The summed E-state index contributed by atoms with van der Waals surface area (Å²) in [7, 11) is 0. The Bertz CT molecular complexity index is 186. The summed E-state index contributed by atoms with van der Waals surface area (Å²) in [6, 6.07) is -1.02. The second kappa shape index (κ2) is 4.29. The van der Waals surface area contributed by atoms with Gasteiger partial charge < -0.3 is 25.2 Å². The Labute approximate surface area is 76.2 Å². The van der Waals surface area contributed by atoms with E-state index in [-0.39, 0.29) is 0 Å². The molecule has 1 rings (SSSR count). The van der Waals surface area contributed by atoms with Crippen LogP contribution in [0.2, 0.25) is 1.41 Å². The molecule has 78 valence electrons. The number of hydrogen-bond acceptors (Lipinski definition) is 7. The third-order valence-electron chi connectivity index (χ3n) is 2.07. The highest BCUT2D eigenvalue weighted by atomic mass is 16.6. The molecule has 1 fully saturated rings. The summed E-state index contributed by atoms with van der Waals surface area (Å²) < 4.78 is 11.4. The molecule has 0 spiro atoms. The van der Waals surface area contributed by atoms with Crippen LogP contribution in [0.25, 0.3) is 0 Å². The molecule has 1 unspecified atom stereocenters. The van der Waals surface area contributed by atoms with Crippen molar-refractivity contribution in [3.63, 3.8) is 0 Å². The maximum absolute atomic E-state index is 9.45. The lowest BCUT2D eigenvalue weighted by Crippen LogP contribution is -2.64. The lowest BCUT2D eigenvalue weighted by molar-refractivity contribution is -0.254. The first-order chi connectivity index (χ1) is 6.61. The zero-order chi connectivity index (χ0) is 10.7. The molecule has 13 heavy (non-hydrogen) atoms. The topological polar surface area (TPSA) is 128 Å². The smallest absolute Gasteiger partial charge is 0.174 e. The molecule has 1 heterocycles. The van der Waals surface area contributed by atoms with Crippen LogP contribution < -0.4 is 11.3 Å². The van der Waals surface area contributed by atoms with Crippen molar-refractivity contribution >= 4 is 0 Å². The second-order valence-corrected chi connectivity index (χ2v) is 2.90. The molecule has 7 heteroatoms. The fourth-order valence-electron chi connectivity index (χ4n) is 1.25. The average molecular weight is 195 g/mol. The third-order valence-corrected chi connectivity index (χ3v) is 2.07. The van der Waals surface area contributed by atoms with Crippen LogP contribution in [-0.2, 0) is 4.74 Å². The summed E-state index contributed by atoms with van der Waals surface area (Å²) in [5.74, 6) is 1.78. The first kappa shape index (κ1) is 9.28. The molecular weight excluding hydrogens is 180 g/mol. The highest BCUT2D eigenvalue weighted by Crippen LogP contribution is 2.18. The molecule has 0 amide bonds. The standard InChI is InChI=1S/C6H14N2O5/c7-8-3-5(11)4(10)2(1-9)13-6(3)12/h2-6,8-12H,1,7H2/t2-,3-,4-,5-,6?/m1/s1/i/hD. The van der Waals surface area contributed by atoms with Crippen molar-refractivity contribution in [3.8, 4) is 0 Å². The predicted octanol–water partition coefficient (Wildman–Crippen LogP) is -3.75. The maximum atomic E-state index is 9.45. The van der Waals surface area contributed by atoms with Crippen LogP contribution in [-0.4, -0.2) is 57.7 Å². The van der Waals surface area contributed by atoms with E-state index in [0.29, 0.717) is 0 Å². The molecule has 0 radical (unpaired) electrons. The number of ether oxygens (including phenoxy) is 1. The molecule has 0 saturated carbocycles. The van der Waals surface area contributed by atoms with Crippen molar-refractivity contribution in [2.24, 2.45) is 5.84 Å². The van der Waals surface area contributed by atoms with Gasteiger partial charge in [-0.1, -0.05) is 0 Å². The van der Waals surface area contributed by atoms with Gasteiger partial charge in [-0.2, -0.15) is 0 Å².